The minimum absolute atomic E-state index is 0.00194. The van der Waals surface area contributed by atoms with Gasteiger partial charge in [-0.2, -0.15) is 5.10 Å². The van der Waals surface area contributed by atoms with Crippen molar-refractivity contribution >= 4 is 11.6 Å². The van der Waals surface area contributed by atoms with Gasteiger partial charge < -0.3 is 10.6 Å². The molecule has 2 aromatic rings. The minimum Gasteiger partial charge on any atom is -0.324 e. The predicted octanol–water partition coefficient (Wildman–Crippen LogP) is 1.88. The molecule has 3 rings (SSSR count). The Morgan fingerprint density at radius 2 is 2.19 bits per heavy atom. The zero-order chi connectivity index (χ0) is 15.0. The maximum absolute atomic E-state index is 12.0. The molecule has 1 aliphatic rings. The SMILES string of the molecule is CCCNC1C(=O)Nc2cc(-n3nc(C)nc3C)ccc21. The molecule has 0 saturated heterocycles. The number of hydrogen-bond donors (Lipinski definition) is 2. The lowest BCUT2D eigenvalue weighted by Crippen LogP contribution is -2.27. The van der Waals surface area contributed by atoms with Crippen molar-refractivity contribution in [3.63, 3.8) is 0 Å². The van der Waals surface area contributed by atoms with E-state index >= 15 is 0 Å². The second-order valence-corrected chi connectivity index (χ2v) is 5.27. The third-order valence-corrected chi connectivity index (χ3v) is 3.59. The van der Waals surface area contributed by atoms with Crippen molar-refractivity contribution in [2.24, 2.45) is 0 Å². The van der Waals surface area contributed by atoms with Crippen molar-refractivity contribution in [2.45, 2.75) is 33.2 Å². The number of anilines is 1. The van der Waals surface area contributed by atoms with E-state index in [0.29, 0.717) is 0 Å². The number of aromatic nitrogens is 3. The molecule has 0 saturated carbocycles. The van der Waals surface area contributed by atoms with E-state index in [1.165, 1.54) is 0 Å². The normalized spacial score (nSPS) is 16.9. The lowest BCUT2D eigenvalue weighted by molar-refractivity contribution is -0.117. The highest BCUT2D eigenvalue weighted by Gasteiger charge is 2.30. The molecule has 0 bridgehead atoms. The molecule has 6 heteroatoms. The van der Waals surface area contributed by atoms with Crippen LogP contribution in [0.4, 0.5) is 5.69 Å². The maximum atomic E-state index is 12.0. The molecule has 1 atom stereocenters. The van der Waals surface area contributed by atoms with Gasteiger partial charge >= 0.3 is 0 Å². The Balaban J connectivity index is 1.95. The Hall–Kier alpha value is -2.21. The zero-order valence-corrected chi connectivity index (χ0v) is 12.5. The Morgan fingerprint density at radius 3 is 2.86 bits per heavy atom. The van der Waals surface area contributed by atoms with E-state index in [1.807, 2.05) is 32.0 Å². The molecule has 2 heterocycles. The first-order valence-corrected chi connectivity index (χ1v) is 7.19. The first kappa shape index (κ1) is 13.8. The van der Waals surface area contributed by atoms with Crippen molar-refractivity contribution in [3.05, 3.63) is 35.4 Å². The van der Waals surface area contributed by atoms with E-state index in [-0.39, 0.29) is 11.9 Å². The molecule has 0 fully saturated rings. The summed E-state index contributed by atoms with van der Waals surface area (Å²) in [5.74, 6) is 1.57. The summed E-state index contributed by atoms with van der Waals surface area (Å²) in [6.07, 6.45) is 0.995. The second-order valence-electron chi connectivity index (χ2n) is 5.27. The molecule has 110 valence electrons. The van der Waals surface area contributed by atoms with Gasteiger partial charge in [-0.15, -0.1) is 0 Å². The van der Waals surface area contributed by atoms with Gasteiger partial charge in [0.15, 0.2) is 0 Å². The van der Waals surface area contributed by atoms with Crippen LogP contribution in [-0.4, -0.2) is 27.2 Å². The second kappa shape index (κ2) is 5.29. The Kier molecular flexibility index (Phi) is 3.47. The fourth-order valence-corrected chi connectivity index (χ4v) is 2.64. The van der Waals surface area contributed by atoms with Gasteiger partial charge in [0.05, 0.1) is 5.69 Å². The third-order valence-electron chi connectivity index (χ3n) is 3.59. The molecule has 0 aliphatic carbocycles. The van der Waals surface area contributed by atoms with Gasteiger partial charge in [0.1, 0.15) is 17.7 Å². The zero-order valence-electron chi connectivity index (χ0n) is 12.5. The molecule has 1 aromatic carbocycles. The number of rotatable bonds is 4. The van der Waals surface area contributed by atoms with E-state index in [1.54, 1.807) is 4.68 Å². The number of benzene rings is 1. The number of carbonyl (C=O) groups is 1. The molecule has 21 heavy (non-hydrogen) atoms. The standard InChI is InChI=1S/C15H19N5O/c1-4-7-16-14-12-6-5-11(8-13(12)18-15(14)21)20-10(3)17-9(2)19-20/h5-6,8,14,16H,4,7H2,1-3H3,(H,18,21). The summed E-state index contributed by atoms with van der Waals surface area (Å²) in [6, 6.07) is 5.64. The van der Waals surface area contributed by atoms with Gasteiger partial charge in [0, 0.05) is 11.3 Å². The van der Waals surface area contributed by atoms with Gasteiger partial charge in [-0.05, 0) is 38.9 Å². The van der Waals surface area contributed by atoms with Crippen molar-refractivity contribution in [1.29, 1.82) is 0 Å². The van der Waals surface area contributed by atoms with E-state index in [4.69, 9.17) is 0 Å². The minimum atomic E-state index is -0.257. The van der Waals surface area contributed by atoms with Crippen LogP contribution in [-0.2, 0) is 4.79 Å². The van der Waals surface area contributed by atoms with Gasteiger partial charge in [-0.3, -0.25) is 4.79 Å². The lowest BCUT2D eigenvalue weighted by Gasteiger charge is -2.11. The average Bonchev–Trinajstić information content (AvgIpc) is 2.94. The monoisotopic (exact) mass is 285 g/mol. The number of nitrogens with one attached hydrogen (secondary N) is 2. The molecule has 6 nitrogen and oxygen atoms in total. The summed E-state index contributed by atoms with van der Waals surface area (Å²) in [7, 11) is 0. The number of amides is 1. The fraction of sp³-hybridized carbons (Fsp3) is 0.400. The first-order chi connectivity index (χ1) is 10.1. The topological polar surface area (TPSA) is 71.8 Å². The molecule has 0 radical (unpaired) electrons. The Bertz CT molecular complexity index is 691. The number of aryl methyl sites for hydroxylation is 2. The fourth-order valence-electron chi connectivity index (χ4n) is 2.64. The summed E-state index contributed by atoms with van der Waals surface area (Å²) in [5.41, 5.74) is 2.74. The summed E-state index contributed by atoms with van der Waals surface area (Å²) < 4.78 is 1.79. The highest BCUT2D eigenvalue weighted by molar-refractivity contribution is 6.02. The number of carbonyl (C=O) groups excluding carboxylic acids is 1. The van der Waals surface area contributed by atoms with E-state index in [9.17, 15) is 4.79 Å². The van der Waals surface area contributed by atoms with Crippen molar-refractivity contribution in [1.82, 2.24) is 20.1 Å². The number of hydrogen-bond acceptors (Lipinski definition) is 4. The number of fused-ring (bicyclic) bond motifs is 1. The summed E-state index contributed by atoms with van der Waals surface area (Å²) in [6.45, 7) is 6.68. The predicted molar refractivity (Wildman–Crippen MR) is 80.5 cm³/mol. The van der Waals surface area contributed by atoms with Crippen molar-refractivity contribution < 1.29 is 4.79 Å². The van der Waals surface area contributed by atoms with Gasteiger partial charge in [-0.1, -0.05) is 13.0 Å². The van der Waals surface area contributed by atoms with Crippen LogP contribution in [0, 0.1) is 13.8 Å². The van der Waals surface area contributed by atoms with E-state index in [0.717, 1.165) is 41.6 Å². The molecule has 2 N–H and O–H groups in total. The molecule has 0 spiro atoms. The van der Waals surface area contributed by atoms with Crippen molar-refractivity contribution in [2.75, 3.05) is 11.9 Å². The molecule has 1 aromatic heterocycles. The van der Waals surface area contributed by atoms with Crippen molar-refractivity contribution in [3.8, 4) is 5.69 Å². The first-order valence-electron chi connectivity index (χ1n) is 7.19. The largest absolute Gasteiger partial charge is 0.324 e. The van der Waals surface area contributed by atoms with Crippen LogP contribution in [0.1, 0.15) is 36.6 Å². The third kappa shape index (κ3) is 2.42. The van der Waals surface area contributed by atoms with Crippen LogP contribution in [0.2, 0.25) is 0 Å². The lowest BCUT2D eigenvalue weighted by atomic mass is 10.1. The average molecular weight is 285 g/mol. The van der Waals surface area contributed by atoms with Crippen LogP contribution in [0.3, 0.4) is 0 Å². The van der Waals surface area contributed by atoms with Gasteiger partial charge in [0.25, 0.3) is 0 Å². The number of nitrogens with zero attached hydrogens (tertiary/aromatic N) is 3. The van der Waals surface area contributed by atoms with Crippen LogP contribution >= 0.6 is 0 Å². The Labute approximate surface area is 123 Å². The van der Waals surface area contributed by atoms with Crippen LogP contribution in [0.15, 0.2) is 18.2 Å². The molecule has 1 aliphatic heterocycles. The van der Waals surface area contributed by atoms with Crippen LogP contribution in [0.5, 0.6) is 0 Å². The van der Waals surface area contributed by atoms with Gasteiger partial charge in [0.2, 0.25) is 5.91 Å². The highest BCUT2D eigenvalue weighted by Crippen LogP contribution is 2.32. The molecule has 1 amide bonds. The highest BCUT2D eigenvalue weighted by atomic mass is 16.2. The van der Waals surface area contributed by atoms with E-state index in [2.05, 4.69) is 27.6 Å². The van der Waals surface area contributed by atoms with Crippen LogP contribution < -0.4 is 10.6 Å². The molecular weight excluding hydrogens is 266 g/mol. The Morgan fingerprint density at radius 1 is 1.38 bits per heavy atom. The van der Waals surface area contributed by atoms with Gasteiger partial charge in [-0.25, -0.2) is 9.67 Å². The maximum Gasteiger partial charge on any atom is 0.246 e. The van der Waals surface area contributed by atoms with Crippen LogP contribution in [0.25, 0.3) is 5.69 Å². The smallest absolute Gasteiger partial charge is 0.246 e. The summed E-state index contributed by atoms with van der Waals surface area (Å²) in [4.78, 5) is 16.4. The quantitative estimate of drug-likeness (QED) is 0.899. The van der Waals surface area contributed by atoms with E-state index < -0.39 is 0 Å². The molecule has 1 unspecified atom stereocenters. The summed E-state index contributed by atoms with van der Waals surface area (Å²) >= 11 is 0. The summed E-state index contributed by atoms with van der Waals surface area (Å²) in [5, 5.41) is 10.6. The molecular formula is C15H19N5O.